The number of rotatable bonds is 7. The highest BCUT2D eigenvalue weighted by Crippen LogP contribution is 2.23. The maximum absolute atomic E-state index is 4.89. The number of hydrogen-bond acceptors (Lipinski definition) is 5. The van der Waals surface area contributed by atoms with E-state index in [4.69, 9.17) is 9.97 Å². The third kappa shape index (κ3) is 4.86. The average molecular weight is 441 g/mol. The predicted octanol–water partition coefficient (Wildman–Crippen LogP) is 4.48. The fraction of sp³-hybridized carbons (Fsp3) is 0.333. The molecule has 1 aliphatic rings. The van der Waals surface area contributed by atoms with Crippen molar-refractivity contribution in [3.63, 3.8) is 0 Å². The van der Waals surface area contributed by atoms with Gasteiger partial charge in [-0.1, -0.05) is 43.3 Å². The molecular formula is C27H32N6. The first-order valence-corrected chi connectivity index (χ1v) is 11.9. The largest absolute Gasteiger partial charge is 0.369 e. The summed E-state index contributed by atoms with van der Waals surface area (Å²) in [6.07, 6.45) is 3.67. The molecule has 6 heteroatoms. The summed E-state index contributed by atoms with van der Waals surface area (Å²) in [6, 6.07) is 19.5. The smallest absolute Gasteiger partial charge is 0.154 e. The molecule has 5 rings (SSSR count). The fourth-order valence-electron chi connectivity index (χ4n) is 4.53. The zero-order valence-electron chi connectivity index (χ0n) is 19.5. The molecule has 2 aromatic carbocycles. The van der Waals surface area contributed by atoms with Gasteiger partial charge in [-0.3, -0.25) is 0 Å². The van der Waals surface area contributed by atoms with Crippen molar-refractivity contribution >= 4 is 22.5 Å². The molecule has 0 atom stereocenters. The molecule has 2 aromatic heterocycles. The number of nitrogens with one attached hydrogen (secondary N) is 2. The Balaban J connectivity index is 1.32. The number of likely N-dealkylation sites (N-methyl/N-ethyl adjacent to an activating group) is 1. The van der Waals surface area contributed by atoms with Crippen LogP contribution in [-0.2, 0) is 19.4 Å². The van der Waals surface area contributed by atoms with Gasteiger partial charge in [0.05, 0.1) is 5.52 Å². The summed E-state index contributed by atoms with van der Waals surface area (Å²) in [5, 5.41) is 3.55. The first-order chi connectivity index (χ1) is 16.2. The zero-order valence-corrected chi connectivity index (χ0v) is 19.5. The molecule has 170 valence electrons. The Morgan fingerprint density at radius 3 is 2.42 bits per heavy atom. The van der Waals surface area contributed by atoms with Gasteiger partial charge in [0, 0.05) is 51.0 Å². The van der Waals surface area contributed by atoms with Gasteiger partial charge in [0.1, 0.15) is 11.3 Å². The van der Waals surface area contributed by atoms with Crippen LogP contribution in [0.2, 0.25) is 0 Å². The van der Waals surface area contributed by atoms with Crippen molar-refractivity contribution in [1.82, 2.24) is 19.9 Å². The maximum Gasteiger partial charge on any atom is 0.154 e. The Hall–Kier alpha value is -3.38. The summed E-state index contributed by atoms with van der Waals surface area (Å²) < 4.78 is 0. The molecule has 0 bridgehead atoms. The summed E-state index contributed by atoms with van der Waals surface area (Å²) in [6.45, 7) is 7.34. The molecule has 0 saturated carbocycles. The summed E-state index contributed by atoms with van der Waals surface area (Å²) in [5.74, 6) is 1.70. The summed E-state index contributed by atoms with van der Waals surface area (Å²) in [7, 11) is 2.19. The number of nitrogens with zero attached hydrogens (tertiary/aromatic N) is 4. The zero-order chi connectivity index (χ0) is 22.6. The maximum atomic E-state index is 4.89. The second-order valence-electron chi connectivity index (χ2n) is 8.84. The second kappa shape index (κ2) is 9.63. The Labute approximate surface area is 195 Å². The van der Waals surface area contributed by atoms with Gasteiger partial charge in [-0.2, -0.15) is 0 Å². The monoisotopic (exact) mass is 440 g/mol. The number of piperazine rings is 1. The third-order valence-corrected chi connectivity index (χ3v) is 6.56. The first kappa shape index (κ1) is 21.5. The van der Waals surface area contributed by atoms with Crippen LogP contribution in [0, 0.1) is 0 Å². The number of aromatic amines is 1. The minimum atomic E-state index is 0.713. The number of benzene rings is 2. The number of H-pyrrole nitrogens is 1. The lowest BCUT2D eigenvalue weighted by Gasteiger charge is -2.34. The van der Waals surface area contributed by atoms with Crippen molar-refractivity contribution in [3.8, 4) is 0 Å². The summed E-state index contributed by atoms with van der Waals surface area (Å²) in [5.41, 5.74) is 7.09. The molecule has 0 aliphatic carbocycles. The highest BCUT2D eigenvalue weighted by atomic mass is 15.2. The topological polar surface area (TPSA) is 60.1 Å². The molecule has 1 fully saturated rings. The molecule has 0 amide bonds. The molecule has 0 unspecified atom stereocenters. The van der Waals surface area contributed by atoms with Crippen molar-refractivity contribution in [2.75, 3.05) is 43.4 Å². The molecular weight excluding hydrogens is 408 g/mol. The quantitative estimate of drug-likeness (QED) is 0.444. The summed E-state index contributed by atoms with van der Waals surface area (Å²) >= 11 is 0. The van der Waals surface area contributed by atoms with Gasteiger partial charge in [0.15, 0.2) is 5.82 Å². The van der Waals surface area contributed by atoms with E-state index >= 15 is 0 Å². The molecule has 1 saturated heterocycles. The van der Waals surface area contributed by atoms with Gasteiger partial charge in [-0.05, 0) is 48.4 Å². The van der Waals surface area contributed by atoms with E-state index in [0.29, 0.717) is 6.42 Å². The molecule has 6 nitrogen and oxygen atoms in total. The van der Waals surface area contributed by atoms with E-state index < -0.39 is 0 Å². The Morgan fingerprint density at radius 1 is 0.909 bits per heavy atom. The standard InChI is InChI=1S/C27H32N6/c1-3-21-6-4-5-7-22(21)19-29-27-26-24(12-13-28-26)30-25(31-27)18-20-8-10-23(11-9-20)33-16-14-32(2)15-17-33/h4-13,28H,3,14-19H2,1-2H3,(H,29,30,31). The number of anilines is 2. The van der Waals surface area contributed by atoms with Crippen molar-refractivity contribution in [2.45, 2.75) is 26.3 Å². The van der Waals surface area contributed by atoms with Crippen LogP contribution in [0.3, 0.4) is 0 Å². The van der Waals surface area contributed by atoms with E-state index in [2.05, 4.69) is 82.6 Å². The van der Waals surface area contributed by atoms with Gasteiger partial charge < -0.3 is 20.1 Å². The predicted molar refractivity (Wildman–Crippen MR) is 136 cm³/mol. The number of fused-ring (bicyclic) bond motifs is 1. The van der Waals surface area contributed by atoms with E-state index in [1.807, 2.05) is 12.3 Å². The van der Waals surface area contributed by atoms with E-state index in [9.17, 15) is 0 Å². The number of hydrogen-bond donors (Lipinski definition) is 2. The third-order valence-electron chi connectivity index (χ3n) is 6.56. The van der Waals surface area contributed by atoms with Crippen LogP contribution in [-0.4, -0.2) is 53.1 Å². The molecule has 3 heterocycles. The fourth-order valence-corrected chi connectivity index (χ4v) is 4.53. The average Bonchev–Trinajstić information content (AvgIpc) is 3.33. The van der Waals surface area contributed by atoms with E-state index in [1.54, 1.807) is 0 Å². The normalized spacial score (nSPS) is 14.7. The van der Waals surface area contributed by atoms with Crippen molar-refractivity contribution in [2.24, 2.45) is 0 Å². The van der Waals surface area contributed by atoms with Gasteiger partial charge in [0.25, 0.3) is 0 Å². The first-order valence-electron chi connectivity index (χ1n) is 11.9. The molecule has 33 heavy (non-hydrogen) atoms. The van der Waals surface area contributed by atoms with Gasteiger partial charge in [0.2, 0.25) is 0 Å². The minimum Gasteiger partial charge on any atom is -0.369 e. The van der Waals surface area contributed by atoms with Crippen molar-refractivity contribution < 1.29 is 0 Å². The number of aromatic nitrogens is 3. The molecule has 1 aliphatic heterocycles. The van der Waals surface area contributed by atoms with Crippen LogP contribution < -0.4 is 10.2 Å². The van der Waals surface area contributed by atoms with Crippen LogP contribution in [0.5, 0.6) is 0 Å². The van der Waals surface area contributed by atoms with Crippen LogP contribution in [0.25, 0.3) is 11.0 Å². The van der Waals surface area contributed by atoms with Crippen LogP contribution in [0.15, 0.2) is 60.8 Å². The highest BCUT2D eigenvalue weighted by molar-refractivity contribution is 5.85. The van der Waals surface area contributed by atoms with Gasteiger partial charge in [-0.25, -0.2) is 9.97 Å². The van der Waals surface area contributed by atoms with Gasteiger partial charge in [-0.15, -0.1) is 0 Å². The SMILES string of the molecule is CCc1ccccc1CNc1nc(Cc2ccc(N3CCN(C)CC3)cc2)nc2cc[nH]c12. The molecule has 4 aromatic rings. The second-order valence-corrected chi connectivity index (χ2v) is 8.84. The van der Waals surface area contributed by atoms with E-state index in [0.717, 1.165) is 61.8 Å². The Bertz CT molecular complexity index is 1210. The molecule has 0 radical (unpaired) electrons. The van der Waals surface area contributed by atoms with Crippen molar-refractivity contribution in [3.05, 3.63) is 83.3 Å². The molecule has 0 spiro atoms. The highest BCUT2D eigenvalue weighted by Gasteiger charge is 2.15. The van der Waals surface area contributed by atoms with Crippen LogP contribution >= 0.6 is 0 Å². The lowest BCUT2D eigenvalue weighted by atomic mass is 10.1. The van der Waals surface area contributed by atoms with E-state index in [-0.39, 0.29) is 0 Å². The van der Waals surface area contributed by atoms with Crippen LogP contribution in [0.4, 0.5) is 11.5 Å². The van der Waals surface area contributed by atoms with Crippen molar-refractivity contribution in [1.29, 1.82) is 0 Å². The Kier molecular flexibility index (Phi) is 6.26. The molecule has 2 N–H and O–H groups in total. The lowest BCUT2D eigenvalue weighted by molar-refractivity contribution is 0.313. The Morgan fingerprint density at radius 2 is 1.67 bits per heavy atom. The lowest BCUT2D eigenvalue weighted by Crippen LogP contribution is -2.44. The van der Waals surface area contributed by atoms with Gasteiger partial charge >= 0.3 is 0 Å². The van der Waals surface area contributed by atoms with E-state index in [1.165, 1.54) is 22.4 Å². The van der Waals surface area contributed by atoms with Crippen LogP contribution in [0.1, 0.15) is 29.4 Å². The minimum absolute atomic E-state index is 0.713. The number of aryl methyl sites for hydroxylation is 1. The summed E-state index contributed by atoms with van der Waals surface area (Å²) in [4.78, 5) is 17.8.